The van der Waals surface area contributed by atoms with E-state index in [1.807, 2.05) is 18.2 Å². The summed E-state index contributed by atoms with van der Waals surface area (Å²) < 4.78 is 7.01. The average molecular weight is 426 g/mol. The standard InChI is InChI=1S/C20H23N3OS.2ClH/c1-2-4-19-18(3-1)22-20(25-19)24-14-9-16-5-7-17(8-6-16)15-23-12-10-21-11-13-23;;/h1-8,21H,9-15H2;2*1H. The number of fused-ring (bicyclic) bond motifs is 1. The summed E-state index contributed by atoms with van der Waals surface area (Å²) in [6.45, 7) is 6.18. The van der Waals surface area contributed by atoms with Crippen molar-refractivity contribution >= 4 is 46.4 Å². The van der Waals surface area contributed by atoms with Crippen molar-refractivity contribution in [3.63, 3.8) is 0 Å². The van der Waals surface area contributed by atoms with Gasteiger partial charge in [-0.3, -0.25) is 4.90 Å². The number of hydrogen-bond acceptors (Lipinski definition) is 5. The summed E-state index contributed by atoms with van der Waals surface area (Å²) in [6, 6.07) is 17.1. The first-order valence-electron chi connectivity index (χ1n) is 8.86. The van der Waals surface area contributed by atoms with Crippen molar-refractivity contribution in [2.45, 2.75) is 13.0 Å². The molecule has 27 heavy (non-hydrogen) atoms. The maximum atomic E-state index is 5.84. The Morgan fingerprint density at radius 1 is 0.963 bits per heavy atom. The number of nitrogens with one attached hydrogen (secondary N) is 1. The van der Waals surface area contributed by atoms with Gasteiger partial charge in [0.25, 0.3) is 5.19 Å². The zero-order chi connectivity index (χ0) is 16.9. The predicted molar refractivity (Wildman–Crippen MR) is 118 cm³/mol. The molecule has 1 N–H and O–H groups in total. The number of hydrogen-bond donors (Lipinski definition) is 1. The van der Waals surface area contributed by atoms with E-state index in [4.69, 9.17) is 4.74 Å². The molecule has 1 saturated heterocycles. The van der Waals surface area contributed by atoms with Crippen LogP contribution in [0.15, 0.2) is 48.5 Å². The number of halogens is 2. The fourth-order valence-corrected chi connectivity index (χ4v) is 3.95. The van der Waals surface area contributed by atoms with Gasteiger partial charge in [0.15, 0.2) is 0 Å². The van der Waals surface area contributed by atoms with E-state index >= 15 is 0 Å². The molecule has 146 valence electrons. The lowest BCUT2D eigenvalue weighted by atomic mass is 10.1. The van der Waals surface area contributed by atoms with E-state index in [9.17, 15) is 0 Å². The Morgan fingerprint density at radius 2 is 1.67 bits per heavy atom. The van der Waals surface area contributed by atoms with Gasteiger partial charge in [-0.05, 0) is 23.3 Å². The molecule has 4 rings (SSSR count). The van der Waals surface area contributed by atoms with Crippen LogP contribution in [0.25, 0.3) is 10.2 Å². The van der Waals surface area contributed by atoms with E-state index in [1.165, 1.54) is 15.8 Å². The van der Waals surface area contributed by atoms with Gasteiger partial charge >= 0.3 is 0 Å². The quantitative estimate of drug-likeness (QED) is 0.642. The largest absolute Gasteiger partial charge is 0.470 e. The highest BCUT2D eigenvalue weighted by Gasteiger charge is 2.09. The Morgan fingerprint density at radius 3 is 2.41 bits per heavy atom. The lowest BCUT2D eigenvalue weighted by Gasteiger charge is -2.27. The Balaban J connectivity index is 0.00000131. The minimum atomic E-state index is 0. The minimum Gasteiger partial charge on any atom is -0.470 e. The van der Waals surface area contributed by atoms with E-state index in [2.05, 4.69) is 45.5 Å². The topological polar surface area (TPSA) is 37.4 Å². The third-order valence-electron chi connectivity index (χ3n) is 4.53. The first kappa shape index (κ1) is 21.9. The van der Waals surface area contributed by atoms with Crippen molar-refractivity contribution in [1.82, 2.24) is 15.2 Å². The number of para-hydroxylation sites is 1. The lowest BCUT2D eigenvalue weighted by Crippen LogP contribution is -2.42. The SMILES string of the molecule is Cl.Cl.c1ccc2sc(OCCc3ccc(CN4CCNCC4)cc3)nc2c1. The molecular weight excluding hydrogens is 401 g/mol. The number of aromatic nitrogens is 1. The minimum absolute atomic E-state index is 0. The molecule has 2 aromatic carbocycles. The van der Waals surface area contributed by atoms with Gasteiger partial charge in [-0.2, -0.15) is 0 Å². The fourth-order valence-electron chi connectivity index (χ4n) is 3.11. The molecule has 0 spiro atoms. The van der Waals surface area contributed by atoms with Crippen LogP contribution in [0.4, 0.5) is 0 Å². The molecule has 1 aromatic heterocycles. The van der Waals surface area contributed by atoms with E-state index in [0.29, 0.717) is 6.61 Å². The number of benzene rings is 2. The number of rotatable bonds is 6. The van der Waals surface area contributed by atoms with Gasteiger partial charge in [0.2, 0.25) is 0 Å². The highest BCUT2D eigenvalue weighted by Crippen LogP contribution is 2.27. The maximum Gasteiger partial charge on any atom is 0.274 e. The van der Waals surface area contributed by atoms with Gasteiger partial charge in [-0.15, -0.1) is 24.8 Å². The van der Waals surface area contributed by atoms with E-state index in [-0.39, 0.29) is 24.8 Å². The molecule has 0 bridgehead atoms. The van der Waals surface area contributed by atoms with Gasteiger partial charge < -0.3 is 10.1 Å². The molecule has 0 unspecified atom stereocenters. The molecule has 0 aliphatic carbocycles. The van der Waals surface area contributed by atoms with Gasteiger partial charge in [-0.1, -0.05) is 47.7 Å². The van der Waals surface area contributed by atoms with Crippen LogP contribution < -0.4 is 10.1 Å². The number of piperazine rings is 1. The highest BCUT2D eigenvalue weighted by molar-refractivity contribution is 7.20. The highest BCUT2D eigenvalue weighted by atomic mass is 35.5. The predicted octanol–water partition coefficient (Wildman–Crippen LogP) is 4.17. The molecule has 1 fully saturated rings. The summed E-state index contributed by atoms with van der Waals surface area (Å²) >= 11 is 1.61. The van der Waals surface area contributed by atoms with Crippen LogP contribution in [0, 0.1) is 0 Å². The molecule has 7 heteroatoms. The van der Waals surface area contributed by atoms with Crippen LogP contribution in [-0.4, -0.2) is 42.7 Å². The van der Waals surface area contributed by atoms with Crippen LogP contribution in [0.3, 0.4) is 0 Å². The summed E-state index contributed by atoms with van der Waals surface area (Å²) in [5, 5.41) is 4.16. The molecule has 0 atom stereocenters. The lowest BCUT2D eigenvalue weighted by molar-refractivity contribution is 0.233. The summed E-state index contributed by atoms with van der Waals surface area (Å²) in [5.74, 6) is 0. The molecule has 1 aliphatic rings. The van der Waals surface area contributed by atoms with Gasteiger partial charge in [-0.25, -0.2) is 4.98 Å². The van der Waals surface area contributed by atoms with Crippen molar-refractivity contribution in [2.75, 3.05) is 32.8 Å². The average Bonchev–Trinajstić information content (AvgIpc) is 3.07. The molecule has 3 aromatic rings. The first-order valence-corrected chi connectivity index (χ1v) is 9.68. The second-order valence-corrected chi connectivity index (χ2v) is 7.38. The third-order valence-corrected chi connectivity index (χ3v) is 5.48. The van der Waals surface area contributed by atoms with E-state index < -0.39 is 0 Å². The van der Waals surface area contributed by atoms with Gasteiger partial charge in [0.05, 0.1) is 16.8 Å². The number of ether oxygens (including phenoxy) is 1. The van der Waals surface area contributed by atoms with E-state index in [0.717, 1.165) is 49.9 Å². The smallest absolute Gasteiger partial charge is 0.274 e. The summed E-state index contributed by atoms with van der Waals surface area (Å²) in [5.41, 5.74) is 3.71. The summed E-state index contributed by atoms with van der Waals surface area (Å²) in [7, 11) is 0. The second kappa shape index (κ2) is 10.8. The Hall–Kier alpha value is -1.37. The molecule has 2 heterocycles. The van der Waals surface area contributed by atoms with Crippen LogP contribution in [0.2, 0.25) is 0 Å². The van der Waals surface area contributed by atoms with Crippen LogP contribution in [0.5, 0.6) is 5.19 Å². The Labute approximate surface area is 176 Å². The summed E-state index contributed by atoms with van der Waals surface area (Å²) in [6.07, 6.45) is 0.907. The Bertz CT molecular complexity index is 786. The van der Waals surface area contributed by atoms with Crippen molar-refractivity contribution in [3.8, 4) is 5.19 Å². The summed E-state index contributed by atoms with van der Waals surface area (Å²) in [4.78, 5) is 7.01. The number of nitrogens with zero attached hydrogens (tertiary/aromatic N) is 2. The normalized spacial score (nSPS) is 14.4. The van der Waals surface area contributed by atoms with Crippen LogP contribution >= 0.6 is 36.2 Å². The number of thiazole rings is 1. The van der Waals surface area contributed by atoms with Crippen molar-refractivity contribution < 1.29 is 4.74 Å². The van der Waals surface area contributed by atoms with E-state index in [1.54, 1.807) is 11.3 Å². The van der Waals surface area contributed by atoms with Crippen molar-refractivity contribution in [2.24, 2.45) is 0 Å². The van der Waals surface area contributed by atoms with Gasteiger partial charge in [0.1, 0.15) is 0 Å². The molecule has 0 saturated carbocycles. The first-order chi connectivity index (χ1) is 12.4. The third kappa shape index (κ3) is 6.06. The molecule has 0 radical (unpaired) electrons. The molecule has 4 nitrogen and oxygen atoms in total. The fraction of sp³-hybridized carbons (Fsp3) is 0.350. The Kier molecular flexibility index (Phi) is 8.80. The van der Waals surface area contributed by atoms with Crippen molar-refractivity contribution in [1.29, 1.82) is 0 Å². The van der Waals surface area contributed by atoms with Crippen LogP contribution in [0.1, 0.15) is 11.1 Å². The maximum absolute atomic E-state index is 5.84. The molecule has 0 amide bonds. The zero-order valence-corrected chi connectivity index (χ0v) is 17.5. The van der Waals surface area contributed by atoms with Crippen molar-refractivity contribution in [3.05, 3.63) is 59.7 Å². The zero-order valence-electron chi connectivity index (χ0n) is 15.1. The van der Waals surface area contributed by atoms with Gasteiger partial charge in [0, 0.05) is 39.1 Å². The van der Waals surface area contributed by atoms with Crippen LogP contribution in [-0.2, 0) is 13.0 Å². The second-order valence-electron chi connectivity index (χ2n) is 6.39. The molecule has 1 aliphatic heterocycles. The monoisotopic (exact) mass is 425 g/mol. The molecular formula is C20H25Cl2N3OS.